The fourth-order valence-electron chi connectivity index (χ4n) is 2.42. The summed E-state index contributed by atoms with van der Waals surface area (Å²) >= 11 is 0. The van der Waals surface area contributed by atoms with E-state index in [0.29, 0.717) is 5.56 Å². The number of carbonyl (C=O) groups is 1. The van der Waals surface area contributed by atoms with Gasteiger partial charge in [-0.05, 0) is 19.1 Å². The van der Waals surface area contributed by atoms with Crippen LogP contribution in [0.3, 0.4) is 0 Å². The molecule has 2 heterocycles. The maximum Gasteiger partial charge on any atom is 0.257 e. The molecule has 2 aromatic rings. The zero-order chi connectivity index (χ0) is 13.9. The van der Waals surface area contributed by atoms with Gasteiger partial charge in [-0.3, -0.25) is 4.79 Å². The van der Waals surface area contributed by atoms with E-state index in [1.165, 1.54) is 0 Å². The molecule has 1 aliphatic heterocycles. The van der Waals surface area contributed by atoms with Crippen molar-refractivity contribution in [3.8, 4) is 5.69 Å². The Morgan fingerprint density at radius 1 is 1.19 bits per heavy atom. The number of nitrogens with zero attached hydrogens (tertiary/aromatic N) is 3. The van der Waals surface area contributed by atoms with Crippen molar-refractivity contribution in [2.45, 2.75) is 6.92 Å². The van der Waals surface area contributed by atoms with Gasteiger partial charge in [0.1, 0.15) is 0 Å². The number of piperazine rings is 1. The lowest BCUT2D eigenvalue weighted by atomic mass is 10.2. The molecule has 1 aromatic heterocycles. The number of para-hydroxylation sites is 1. The highest BCUT2D eigenvalue weighted by Gasteiger charge is 2.21. The van der Waals surface area contributed by atoms with Crippen molar-refractivity contribution >= 4 is 18.3 Å². The standard InChI is InChI=1S/C15H18N4O.ClH/c1-12-14(15(20)18-9-7-16-8-10-18)11-19(17-12)13-5-3-2-4-6-13;/h2-6,11,16H,7-10H2,1H3;1H. The summed E-state index contributed by atoms with van der Waals surface area (Å²) in [6.45, 7) is 5.12. The number of halogens is 1. The van der Waals surface area contributed by atoms with E-state index in [0.717, 1.165) is 37.6 Å². The van der Waals surface area contributed by atoms with E-state index in [1.807, 2.05) is 48.4 Å². The second kappa shape index (κ2) is 6.74. The van der Waals surface area contributed by atoms with Crippen LogP contribution in [0.2, 0.25) is 0 Å². The van der Waals surface area contributed by atoms with Crippen molar-refractivity contribution in [1.82, 2.24) is 20.0 Å². The summed E-state index contributed by atoms with van der Waals surface area (Å²) in [4.78, 5) is 14.4. The van der Waals surface area contributed by atoms with Gasteiger partial charge in [0.05, 0.1) is 16.9 Å². The summed E-state index contributed by atoms with van der Waals surface area (Å²) in [6, 6.07) is 9.85. The summed E-state index contributed by atoms with van der Waals surface area (Å²) < 4.78 is 1.77. The Hall–Kier alpha value is -1.85. The predicted molar refractivity (Wildman–Crippen MR) is 84.3 cm³/mol. The smallest absolute Gasteiger partial charge is 0.257 e. The molecule has 1 fully saturated rings. The minimum Gasteiger partial charge on any atom is -0.336 e. The van der Waals surface area contributed by atoms with Gasteiger partial charge in [0.15, 0.2) is 0 Å². The number of aryl methyl sites for hydroxylation is 1. The lowest BCUT2D eigenvalue weighted by Crippen LogP contribution is -2.46. The Morgan fingerprint density at radius 3 is 2.52 bits per heavy atom. The van der Waals surface area contributed by atoms with Gasteiger partial charge in [0.25, 0.3) is 5.91 Å². The lowest BCUT2D eigenvalue weighted by molar-refractivity contribution is 0.0735. The molecule has 3 rings (SSSR count). The van der Waals surface area contributed by atoms with E-state index in [4.69, 9.17) is 0 Å². The molecule has 0 unspecified atom stereocenters. The summed E-state index contributed by atoms with van der Waals surface area (Å²) in [7, 11) is 0. The van der Waals surface area contributed by atoms with Crippen molar-refractivity contribution in [2.75, 3.05) is 26.2 Å². The molecule has 1 amide bonds. The highest BCUT2D eigenvalue weighted by atomic mass is 35.5. The average Bonchev–Trinajstić information content (AvgIpc) is 2.90. The maximum atomic E-state index is 12.5. The van der Waals surface area contributed by atoms with Gasteiger partial charge in [0.2, 0.25) is 0 Å². The lowest BCUT2D eigenvalue weighted by Gasteiger charge is -2.27. The Kier molecular flexibility index (Phi) is 4.98. The molecule has 21 heavy (non-hydrogen) atoms. The van der Waals surface area contributed by atoms with Gasteiger partial charge < -0.3 is 10.2 Å². The Morgan fingerprint density at radius 2 is 1.86 bits per heavy atom. The monoisotopic (exact) mass is 306 g/mol. The van der Waals surface area contributed by atoms with Crippen LogP contribution in [0, 0.1) is 6.92 Å². The summed E-state index contributed by atoms with van der Waals surface area (Å²) in [5.74, 6) is 0.0752. The van der Waals surface area contributed by atoms with E-state index in [2.05, 4.69) is 10.4 Å². The van der Waals surface area contributed by atoms with Crippen molar-refractivity contribution in [3.05, 3.63) is 47.8 Å². The number of hydrogen-bond donors (Lipinski definition) is 1. The average molecular weight is 307 g/mol. The summed E-state index contributed by atoms with van der Waals surface area (Å²) in [6.07, 6.45) is 1.83. The fraction of sp³-hybridized carbons (Fsp3) is 0.333. The Labute approximate surface area is 130 Å². The largest absolute Gasteiger partial charge is 0.336 e. The van der Waals surface area contributed by atoms with Crippen molar-refractivity contribution in [3.63, 3.8) is 0 Å². The van der Waals surface area contributed by atoms with Gasteiger partial charge in [-0.1, -0.05) is 18.2 Å². The molecule has 1 aliphatic rings. The number of benzene rings is 1. The third kappa shape index (κ3) is 3.25. The molecule has 112 valence electrons. The van der Waals surface area contributed by atoms with Crippen LogP contribution in [0.15, 0.2) is 36.5 Å². The molecule has 1 N–H and O–H groups in total. The van der Waals surface area contributed by atoms with E-state index in [-0.39, 0.29) is 18.3 Å². The van der Waals surface area contributed by atoms with Gasteiger partial charge in [-0.2, -0.15) is 5.10 Å². The van der Waals surface area contributed by atoms with Gasteiger partial charge >= 0.3 is 0 Å². The number of carbonyl (C=O) groups excluding carboxylic acids is 1. The van der Waals surface area contributed by atoms with E-state index < -0.39 is 0 Å². The van der Waals surface area contributed by atoms with Crippen LogP contribution in [0.25, 0.3) is 5.69 Å². The Bertz CT molecular complexity index is 605. The molecule has 1 saturated heterocycles. The molecular weight excluding hydrogens is 288 g/mol. The third-order valence-electron chi connectivity index (χ3n) is 3.55. The number of rotatable bonds is 2. The molecule has 0 radical (unpaired) electrons. The Balaban J connectivity index is 0.00000161. The van der Waals surface area contributed by atoms with Crippen LogP contribution in [-0.2, 0) is 0 Å². The van der Waals surface area contributed by atoms with Crippen molar-refractivity contribution in [2.24, 2.45) is 0 Å². The zero-order valence-corrected chi connectivity index (χ0v) is 12.8. The first-order valence-corrected chi connectivity index (χ1v) is 6.87. The van der Waals surface area contributed by atoms with Crippen molar-refractivity contribution < 1.29 is 4.79 Å². The molecule has 6 heteroatoms. The topological polar surface area (TPSA) is 50.2 Å². The first-order chi connectivity index (χ1) is 9.75. The minimum atomic E-state index is 0. The number of hydrogen-bond acceptors (Lipinski definition) is 3. The summed E-state index contributed by atoms with van der Waals surface area (Å²) in [5, 5.41) is 7.70. The predicted octanol–water partition coefficient (Wildman–Crippen LogP) is 1.65. The maximum absolute atomic E-state index is 12.5. The molecule has 0 aliphatic carbocycles. The van der Waals surface area contributed by atoms with Gasteiger partial charge in [-0.15, -0.1) is 12.4 Å². The first-order valence-electron chi connectivity index (χ1n) is 6.87. The molecule has 0 spiro atoms. The van der Waals surface area contributed by atoms with Crippen molar-refractivity contribution in [1.29, 1.82) is 0 Å². The SMILES string of the molecule is Cc1nn(-c2ccccc2)cc1C(=O)N1CCNCC1.Cl. The normalized spacial score (nSPS) is 14.6. The van der Waals surface area contributed by atoms with Crippen LogP contribution < -0.4 is 5.32 Å². The quantitative estimate of drug-likeness (QED) is 0.918. The van der Waals surface area contributed by atoms with E-state index in [9.17, 15) is 4.79 Å². The molecule has 0 atom stereocenters. The highest BCUT2D eigenvalue weighted by molar-refractivity contribution is 5.95. The van der Waals surface area contributed by atoms with Crippen LogP contribution in [0.1, 0.15) is 16.1 Å². The minimum absolute atomic E-state index is 0. The first kappa shape index (κ1) is 15.5. The fourth-order valence-corrected chi connectivity index (χ4v) is 2.42. The second-order valence-corrected chi connectivity index (χ2v) is 4.95. The second-order valence-electron chi connectivity index (χ2n) is 4.95. The van der Waals surface area contributed by atoms with Crippen LogP contribution >= 0.6 is 12.4 Å². The molecule has 0 saturated carbocycles. The van der Waals surface area contributed by atoms with Crippen LogP contribution in [0.4, 0.5) is 0 Å². The van der Waals surface area contributed by atoms with Crippen LogP contribution in [0.5, 0.6) is 0 Å². The number of amides is 1. The number of nitrogens with one attached hydrogen (secondary N) is 1. The molecular formula is C15H19ClN4O. The summed E-state index contributed by atoms with van der Waals surface area (Å²) in [5.41, 5.74) is 2.43. The van der Waals surface area contributed by atoms with Crippen LogP contribution in [-0.4, -0.2) is 46.8 Å². The van der Waals surface area contributed by atoms with E-state index >= 15 is 0 Å². The van der Waals surface area contributed by atoms with E-state index in [1.54, 1.807) is 4.68 Å². The molecule has 1 aromatic carbocycles. The highest BCUT2D eigenvalue weighted by Crippen LogP contribution is 2.14. The molecule has 5 nitrogen and oxygen atoms in total. The third-order valence-corrected chi connectivity index (χ3v) is 3.55. The number of aromatic nitrogens is 2. The molecule has 0 bridgehead atoms. The van der Waals surface area contributed by atoms with Gasteiger partial charge in [-0.25, -0.2) is 4.68 Å². The zero-order valence-electron chi connectivity index (χ0n) is 12.0. The van der Waals surface area contributed by atoms with Gasteiger partial charge in [0, 0.05) is 32.4 Å².